The summed E-state index contributed by atoms with van der Waals surface area (Å²) >= 11 is 3.28. The second-order valence-corrected chi connectivity index (χ2v) is 7.05. The second kappa shape index (κ2) is 7.32. The number of nitrogens with zero attached hydrogens (tertiary/aromatic N) is 3. The summed E-state index contributed by atoms with van der Waals surface area (Å²) in [6.07, 6.45) is 4.79. The third kappa shape index (κ3) is 3.41. The number of halogens is 1. The zero-order valence-corrected chi connectivity index (χ0v) is 16.0. The molecule has 3 amide bonds. The molecule has 0 saturated carbocycles. The molecule has 0 fully saturated rings. The number of aromatic nitrogens is 2. The first-order valence-corrected chi connectivity index (χ1v) is 9.14. The fraction of sp³-hybridized carbons (Fsp3) is 0.0500. The summed E-state index contributed by atoms with van der Waals surface area (Å²) in [7, 11) is 0. The van der Waals surface area contributed by atoms with E-state index in [1.165, 1.54) is 18.2 Å². The highest BCUT2D eigenvalue weighted by molar-refractivity contribution is 9.10. The van der Waals surface area contributed by atoms with E-state index in [0.29, 0.717) is 5.82 Å². The minimum absolute atomic E-state index is 0.129. The lowest BCUT2D eigenvalue weighted by Crippen LogP contribution is -2.29. The number of carbonyl (C=O) groups excluding carboxylic acids is 3. The maximum atomic E-state index is 12.7. The molecule has 0 aliphatic carbocycles. The van der Waals surface area contributed by atoms with E-state index in [-0.39, 0.29) is 29.1 Å². The first-order valence-electron chi connectivity index (χ1n) is 8.35. The highest BCUT2D eigenvalue weighted by atomic mass is 79.9. The Morgan fingerprint density at radius 2 is 1.86 bits per heavy atom. The summed E-state index contributed by atoms with van der Waals surface area (Å²) in [6, 6.07) is 11.4. The maximum Gasteiger partial charge on any atom is 0.261 e. The molecule has 3 heterocycles. The number of nitrogens with one attached hydrogen (secondary N) is 1. The zero-order valence-electron chi connectivity index (χ0n) is 14.4. The number of hydrogen-bond acceptors (Lipinski definition) is 5. The lowest BCUT2D eigenvalue weighted by Gasteiger charge is -2.13. The van der Waals surface area contributed by atoms with Gasteiger partial charge in [0.15, 0.2) is 0 Å². The molecule has 0 saturated heterocycles. The third-order valence-electron chi connectivity index (χ3n) is 4.27. The Kier molecular flexibility index (Phi) is 4.70. The van der Waals surface area contributed by atoms with E-state index in [4.69, 9.17) is 0 Å². The van der Waals surface area contributed by atoms with Crippen molar-refractivity contribution in [2.75, 3.05) is 5.32 Å². The van der Waals surface area contributed by atoms with Gasteiger partial charge in [0.25, 0.3) is 17.7 Å². The van der Waals surface area contributed by atoms with Gasteiger partial charge in [-0.05, 0) is 57.9 Å². The van der Waals surface area contributed by atoms with Crippen molar-refractivity contribution in [2.24, 2.45) is 0 Å². The van der Waals surface area contributed by atoms with Crippen LogP contribution in [0.3, 0.4) is 0 Å². The normalized spacial score (nSPS) is 12.8. The summed E-state index contributed by atoms with van der Waals surface area (Å²) in [6.45, 7) is 0.129. The van der Waals surface area contributed by atoms with E-state index in [9.17, 15) is 14.4 Å². The lowest BCUT2D eigenvalue weighted by molar-refractivity contribution is 0.0642. The van der Waals surface area contributed by atoms with Gasteiger partial charge in [-0.15, -0.1) is 0 Å². The lowest BCUT2D eigenvalue weighted by atomic mass is 10.1. The monoisotopic (exact) mass is 436 g/mol. The van der Waals surface area contributed by atoms with Crippen molar-refractivity contribution in [1.82, 2.24) is 14.9 Å². The van der Waals surface area contributed by atoms with Crippen LogP contribution in [-0.2, 0) is 6.54 Å². The molecule has 0 unspecified atom stereocenters. The second-order valence-electron chi connectivity index (χ2n) is 6.13. The van der Waals surface area contributed by atoms with Crippen LogP contribution in [0.25, 0.3) is 0 Å². The molecule has 0 spiro atoms. The third-order valence-corrected chi connectivity index (χ3v) is 4.73. The highest BCUT2D eigenvalue weighted by Crippen LogP contribution is 2.26. The van der Waals surface area contributed by atoms with Gasteiger partial charge in [0.2, 0.25) is 0 Å². The predicted molar refractivity (Wildman–Crippen MR) is 105 cm³/mol. The van der Waals surface area contributed by atoms with Crippen LogP contribution in [-0.4, -0.2) is 32.6 Å². The SMILES string of the molecule is O=C(Nc1ccc(Br)cn1)c1ccc2c(c1)C(=O)N(Cc1cccnc1)C2=O. The van der Waals surface area contributed by atoms with Crippen LogP contribution < -0.4 is 5.32 Å². The van der Waals surface area contributed by atoms with Crippen LogP contribution in [0.15, 0.2) is 65.5 Å². The average Bonchev–Trinajstić information content (AvgIpc) is 2.95. The van der Waals surface area contributed by atoms with Crippen molar-refractivity contribution in [3.05, 3.63) is 87.8 Å². The van der Waals surface area contributed by atoms with Crippen LogP contribution >= 0.6 is 15.9 Å². The molecule has 138 valence electrons. The van der Waals surface area contributed by atoms with Gasteiger partial charge in [0, 0.05) is 28.6 Å². The van der Waals surface area contributed by atoms with E-state index in [1.54, 1.807) is 42.9 Å². The topological polar surface area (TPSA) is 92.3 Å². The summed E-state index contributed by atoms with van der Waals surface area (Å²) in [5, 5.41) is 2.66. The maximum absolute atomic E-state index is 12.7. The average molecular weight is 437 g/mol. The smallest absolute Gasteiger partial charge is 0.261 e. The van der Waals surface area contributed by atoms with Gasteiger partial charge in [-0.25, -0.2) is 4.98 Å². The fourth-order valence-corrected chi connectivity index (χ4v) is 3.12. The van der Waals surface area contributed by atoms with E-state index in [0.717, 1.165) is 14.9 Å². The van der Waals surface area contributed by atoms with E-state index >= 15 is 0 Å². The van der Waals surface area contributed by atoms with Crippen LogP contribution in [0.5, 0.6) is 0 Å². The van der Waals surface area contributed by atoms with Gasteiger partial charge in [-0.2, -0.15) is 0 Å². The Morgan fingerprint density at radius 3 is 2.57 bits per heavy atom. The molecule has 3 aromatic rings. The number of hydrogen-bond donors (Lipinski definition) is 1. The number of amides is 3. The van der Waals surface area contributed by atoms with Gasteiger partial charge >= 0.3 is 0 Å². The number of carbonyl (C=O) groups is 3. The number of imide groups is 1. The highest BCUT2D eigenvalue weighted by Gasteiger charge is 2.36. The molecule has 0 radical (unpaired) electrons. The van der Waals surface area contributed by atoms with Crippen LogP contribution in [0.1, 0.15) is 36.6 Å². The first-order chi connectivity index (χ1) is 13.5. The van der Waals surface area contributed by atoms with Crippen molar-refractivity contribution in [3.63, 3.8) is 0 Å². The molecule has 4 rings (SSSR count). The molecule has 7 nitrogen and oxygen atoms in total. The van der Waals surface area contributed by atoms with E-state index in [1.807, 2.05) is 0 Å². The van der Waals surface area contributed by atoms with Gasteiger partial charge < -0.3 is 5.32 Å². The molecular formula is C20H13BrN4O3. The molecule has 2 aromatic heterocycles. The Balaban J connectivity index is 1.56. The molecular weight excluding hydrogens is 424 g/mol. The van der Waals surface area contributed by atoms with Gasteiger partial charge in [-0.1, -0.05) is 6.07 Å². The number of fused-ring (bicyclic) bond motifs is 1. The largest absolute Gasteiger partial charge is 0.307 e. The molecule has 0 bridgehead atoms. The van der Waals surface area contributed by atoms with Crippen molar-refractivity contribution < 1.29 is 14.4 Å². The van der Waals surface area contributed by atoms with Crippen molar-refractivity contribution in [2.45, 2.75) is 6.54 Å². The van der Waals surface area contributed by atoms with Crippen molar-refractivity contribution in [3.8, 4) is 0 Å². The summed E-state index contributed by atoms with van der Waals surface area (Å²) in [4.78, 5) is 47.0. The molecule has 28 heavy (non-hydrogen) atoms. The van der Waals surface area contributed by atoms with Crippen molar-refractivity contribution >= 4 is 39.5 Å². The molecule has 0 atom stereocenters. The Bertz CT molecular complexity index is 1080. The quantitative estimate of drug-likeness (QED) is 0.633. The van der Waals surface area contributed by atoms with E-state index in [2.05, 4.69) is 31.2 Å². The predicted octanol–water partition coefficient (Wildman–Crippen LogP) is 3.29. The minimum atomic E-state index is -0.430. The number of anilines is 1. The number of pyridine rings is 2. The number of benzene rings is 1. The summed E-state index contributed by atoms with van der Waals surface area (Å²) in [5.41, 5.74) is 1.52. The molecule has 1 N–H and O–H groups in total. The zero-order chi connectivity index (χ0) is 19.7. The van der Waals surface area contributed by atoms with Crippen LogP contribution in [0, 0.1) is 0 Å². The summed E-state index contributed by atoms with van der Waals surface area (Å²) in [5.74, 6) is -0.844. The first kappa shape index (κ1) is 18.0. The van der Waals surface area contributed by atoms with E-state index < -0.39 is 11.8 Å². The van der Waals surface area contributed by atoms with Gasteiger partial charge in [0.1, 0.15) is 5.82 Å². The summed E-state index contributed by atoms with van der Waals surface area (Å²) < 4.78 is 0.792. The van der Waals surface area contributed by atoms with Gasteiger partial charge in [-0.3, -0.25) is 24.3 Å². The number of rotatable bonds is 4. The Morgan fingerprint density at radius 1 is 1.04 bits per heavy atom. The Hall–Kier alpha value is -3.39. The Labute approximate surface area is 168 Å². The molecule has 1 aromatic carbocycles. The fourth-order valence-electron chi connectivity index (χ4n) is 2.89. The van der Waals surface area contributed by atoms with Crippen LogP contribution in [0.4, 0.5) is 5.82 Å². The standard InChI is InChI=1S/C20H13BrN4O3/c21-14-4-6-17(23-10-14)24-18(26)13-3-5-15-16(8-13)20(28)25(19(15)27)11-12-2-1-7-22-9-12/h1-10H,11H2,(H,23,24,26). The minimum Gasteiger partial charge on any atom is -0.307 e. The molecule has 1 aliphatic heterocycles. The van der Waals surface area contributed by atoms with Crippen LogP contribution in [0.2, 0.25) is 0 Å². The molecule has 1 aliphatic rings. The van der Waals surface area contributed by atoms with Gasteiger partial charge in [0.05, 0.1) is 17.7 Å². The van der Waals surface area contributed by atoms with Crippen molar-refractivity contribution in [1.29, 1.82) is 0 Å². The molecule has 8 heteroatoms.